The van der Waals surface area contributed by atoms with Gasteiger partial charge in [0.1, 0.15) is 5.82 Å². The molecule has 0 aliphatic rings. The van der Waals surface area contributed by atoms with Crippen molar-refractivity contribution < 1.29 is 4.74 Å². The van der Waals surface area contributed by atoms with Gasteiger partial charge in [-0.05, 0) is 47.3 Å². The van der Waals surface area contributed by atoms with Crippen LogP contribution in [0.2, 0.25) is 0 Å². The molecule has 0 saturated carbocycles. The molecule has 3 aromatic rings. The Bertz CT molecular complexity index is 851. The predicted octanol–water partition coefficient (Wildman–Crippen LogP) is 3.91. The summed E-state index contributed by atoms with van der Waals surface area (Å²) in [4.78, 5) is 4.42. The molecule has 3 N–H and O–H groups in total. The van der Waals surface area contributed by atoms with Crippen molar-refractivity contribution in [2.45, 2.75) is 0 Å². The molecule has 2 aromatic carbocycles. The van der Waals surface area contributed by atoms with Gasteiger partial charge in [0.25, 0.3) is 0 Å². The maximum absolute atomic E-state index is 5.21. The second kappa shape index (κ2) is 8.41. The summed E-state index contributed by atoms with van der Waals surface area (Å²) in [5.74, 6) is 0.777. The number of hydrogen-bond donors (Lipinski definition) is 3. The zero-order valence-corrected chi connectivity index (χ0v) is 14.8. The number of aromatic nitrogens is 1. The quantitative estimate of drug-likeness (QED) is 0.462. The van der Waals surface area contributed by atoms with E-state index in [4.69, 9.17) is 17.0 Å². The summed E-state index contributed by atoms with van der Waals surface area (Å²) in [6.07, 6.45) is 1.74. The first-order valence-electron chi connectivity index (χ1n) is 8.00. The van der Waals surface area contributed by atoms with Crippen molar-refractivity contribution in [3.63, 3.8) is 0 Å². The van der Waals surface area contributed by atoms with Gasteiger partial charge in [0, 0.05) is 19.3 Å². The maximum atomic E-state index is 5.21. The van der Waals surface area contributed by atoms with Crippen LogP contribution in [0.5, 0.6) is 0 Å². The molecule has 0 atom stereocenters. The monoisotopic (exact) mass is 352 g/mol. The van der Waals surface area contributed by atoms with E-state index in [9.17, 15) is 0 Å². The van der Waals surface area contributed by atoms with Gasteiger partial charge in [0.2, 0.25) is 0 Å². The van der Waals surface area contributed by atoms with Crippen LogP contribution in [0.1, 0.15) is 0 Å². The molecule has 0 spiro atoms. The molecule has 3 rings (SSSR count). The third-order valence-corrected chi connectivity index (χ3v) is 3.88. The van der Waals surface area contributed by atoms with Gasteiger partial charge in [0.05, 0.1) is 18.5 Å². The van der Waals surface area contributed by atoms with E-state index in [1.807, 2.05) is 30.3 Å². The first-order chi connectivity index (χ1) is 12.2. The van der Waals surface area contributed by atoms with Crippen LogP contribution in [0, 0.1) is 0 Å². The van der Waals surface area contributed by atoms with Crippen molar-refractivity contribution in [1.29, 1.82) is 0 Å². The van der Waals surface area contributed by atoms with Crippen molar-refractivity contribution in [3.8, 4) is 0 Å². The summed E-state index contributed by atoms with van der Waals surface area (Å²) >= 11 is 5.21. The topological polar surface area (TPSA) is 58.2 Å². The number of anilines is 3. The van der Waals surface area contributed by atoms with Gasteiger partial charge in [-0.25, -0.2) is 4.98 Å². The lowest BCUT2D eigenvalue weighted by Gasteiger charge is -2.11. The van der Waals surface area contributed by atoms with Gasteiger partial charge in [0.15, 0.2) is 5.11 Å². The molecule has 25 heavy (non-hydrogen) atoms. The lowest BCUT2D eigenvalue weighted by molar-refractivity contribution is 0.204. The van der Waals surface area contributed by atoms with Crippen LogP contribution < -0.4 is 16.0 Å². The zero-order chi connectivity index (χ0) is 17.5. The fraction of sp³-hybridized carbons (Fsp3) is 0.158. The summed E-state index contributed by atoms with van der Waals surface area (Å²) in [7, 11) is 1.66. The molecular formula is C19H20N4OS. The molecule has 0 amide bonds. The largest absolute Gasteiger partial charge is 0.383 e. The highest BCUT2D eigenvalue weighted by atomic mass is 32.1. The van der Waals surface area contributed by atoms with Crippen LogP contribution in [0.3, 0.4) is 0 Å². The number of hydrogen-bond acceptors (Lipinski definition) is 4. The van der Waals surface area contributed by atoms with Crippen molar-refractivity contribution in [1.82, 2.24) is 10.3 Å². The number of pyridine rings is 1. The molecule has 0 radical (unpaired) electrons. The predicted molar refractivity (Wildman–Crippen MR) is 108 cm³/mol. The van der Waals surface area contributed by atoms with Crippen molar-refractivity contribution >= 4 is 45.3 Å². The van der Waals surface area contributed by atoms with Crippen LogP contribution >= 0.6 is 12.2 Å². The highest BCUT2D eigenvalue weighted by Gasteiger charge is 2.01. The van der Waals surface area contributed by atoms with Gasteiger partial charge < -0.3 is 20.7 Å². The summed E-state index contributed by atoms with van der Waals surface area (Å²) in [5, 5.41) is 12.4. The Hall–Kier alpha value is -2.70. The Kier molecular flexibility index (Phi) is 5.77. The van der Waals surface area contributed by atoms with E-state index in [-0.39, 0.29) is 0 Å². The van der Waals surface area contributed by atoms with Crippen LogP contribution in [-0.2, 0) is 4.74 Å². The van der Waals surface area contributed by atoms with E-state index in [1.54, 1.807) is 13.3 Å². The lowest BCUT2D eigenvalue weighted by Crippen LogP contribution is -2.31. The number of rotatable bonds is 6. The molecule has 1 heterocycles. The highest BCUT2D eigenvalue weighted by molar-refractivity contribution is 7.80. The number of nitrogens with one attached hydrogen (secondary N) is 3. The molecule has 5 nitrogen and oxygen atoms in total. The van der Waals surface area contributed by atoms with Gasteiger partial charge in [-0.3, -0.25) is 0 Å². The second-order valence-electron chi connectivity index (χ2n) is 5.49. The average molecular weight is 352 g/mol. The van der Waals surface area contributed by atoms with Crippen molar-refractivity contribution in [3.05, 3.63) is 60.8 Å². The number of benzene rings is 2. The van der Waals surface area contributed by atoms with Crippen LogP contribution in [0.4, 0.5) is 17.2 Å². The molecule has 0 aliphatic carbocycles. The summed E-state index contributed by atoms with van der Waals surface area (Å²) in [5.41, 5.74) is 1.84. The van der Waals surface area contributed by atoms with E-state index in [2.05, 4.69) is 45.2 Å². The highest BCUT2D eigenvalue weighted by Crippen LogP contribution is 2.21. The average Bonchev–Trinajstić information content (AvgIpc) is 2.63. The van der Waals surface area contributed by atoms with Crippen molar-refractivity contribution in [2.75, 3.05) is 30.9 Å². The summed E-state index contributed by atoms with van der Waals surface area (Å²) in [6, 6.07) is 18.4. The first-order valence-corrected chi connectivity index (χ1v) is 8.41. The Balaban J connectivity index is 1.60. The second-order valence-corrected chi connectivity index (χ2v) is 5.90. The Morgan fingerprint density at radius 3 is 2.60 bits per heavy atom. The molecule has 0 fully saturated rings. The minimum atomic E-state index is 0.550. The molecule has 128 valence electrons. The first kappa shape index (κ1) is 17.1. The number of nitrogens with zero attached hydrogens (tertiary/aromatic N) is 1. The van der Waals surface area contributed by atoms with Crippen molar-refractivity contribution in [2.24, 2.45) is 0 Å². The minimum Gasteiger partial charge on any atom is -0.383 e. The molecule has 0 unspecified atom stereocenters. The standard InChI is InChI=1S/C19H20N4OS/c1-24-11-10-20-19(25)23-17-8-9-18(21-13-17)22-16-7-6-14-4-2-3-5-15(14)12-16/h2-9,12-13H,10-11H2,1H3,(H,21,22)(H2,20,23,25). The van der Waals surface area contributed by atoms with Crippen LogP contribution in [0.15, 0.2) is 60.8 Å². The van der Waals surface area contributed by atoms with Gasteiger partial charge in [-0.15, -0.1) is 0 Å². The molecule has 6 heteroatoms. The van der Waals surface area contributed by atoms with E-state index in [1.165, 1.54) is 10.8 Å². The number of methoxy groups -OCH3 is 1. The van der Waals surface area contributed by atoms with E-state index < -0.39 is 0 Å². The van der Waals surface area contributed by atoms with Crippen LogP contribution in [0.25, 0.3) is 10.8 Å². The van der Waals surface area contributed by atoms with Gasteiger partial charge >= 0.3 is 0 Å². The summed E-state index contributed by atoms with van der Waals surface area (Å²) < 4.78 is 4.97. The zero-order valence-electron chi connectivity index (χ0n) is 14.0. The number of fused-ring (bicyclic) bond motifs is 1. The SMILES string of the molecule is COCCNC(=S)Nc1ccc(Nc2ccc3ccccc3c2)nc1. The van der Waals surface area contributed by atoms with Gasteiger partial charge in [-0.2, -0.15) is 0 Å². The Morgan fingerprint density at radius 2 is 1.84 bits per heavy atom. The Labute approximate surface area is 152 Å². The molecule has 0 bridgehead atoms. The normalized spacial score (nSPS) is 10.4. The molecular weight excluding hydrogens is 332 g/mol. The fourth-order valence-electron chi connectivity index (χ4n) is 2.40. The molecule has 0 saturated heterocycles. The third kappa shape index (κ3) is 4.89. The van der Waals surface area contributed by atoms with E-state index >= 15 is 0 Å². The third-order valence-electron chi connectivity index (χ3n) is 3.63. The lowest BCUT2D eigenvalue weighted by atomic mass is 10.1. The van der Waals surface area contributed by atoms with Gasteiger partial charge in [-0.1, -0.05) is 30.3 Å². The number of ether oxygens (including phenoxy) is 1. The van der Waals surface area contributed by atoms with E-state index in [0.717, 1.165) is 17.2 Å². The maximum Gasteiger partial charge on any atom is 0.170 e. The summed E-state index contributed by atoms with van der Waals surface area (Å²) in [6.45, 7) is 1.27. The minimum absolute atomic E-state index is 0.550. The molecule has 0 aliphatic heterocycles. The van der Waals surface area contributed by atoms with E-state index in [0.29, 0.717) is 18.3 Å². The Morgan fingerprint density at radius 1 is 1.04 bits per heavy atom. The van der Waals surface area contributed by atoms with Crippen LogP contribution in [-0.4, -0.2) is 30.4 Å². The smallest absolute Gasteiger partial charge is 0.170 e. The molecule has 1 aromatic heterocycles. The number of thiocarbonyl (C=S) groups is 1. The fourth-order valence-corrected chi connectivity index (χ4v) is 2.62.